The van der Waals surface area contributed by atoms with Crippen LogP contribution in [-0.4, -0.2) is 40.0 Å². The van der Waals surface area contributed by atoms with Crippen molar-refractivity contribution in [3.05, 3.63) is 95.8 Å². The van der Waals surface area contributed by atoms with E-state index in [0.29, 0.717) is 18.0 Å². The zero-order valence-electron chi connectivity index (χ0n) is 20.8. The van der Waals surface area contributed by atoms with E-state index >= 15 is 0 Å². The molecule has 1 aliphatic heterocycles. The zero-order valence-corrected chi connectivity index (χ0v) is 20.8. The number of anilines is 1. The number of aromatic nitrogens is 3. The summed E-state index contributed by atoms with van der Waals surface area (Å²) in [5, 5.41) is 4.30. The first kappa shape index (κ1) is 24.7. The highest BCUT2D eigenvalue weighted by Gasteiger charge is 2.31. The standard InChI is InChI=1S/C29H28F3N5/c1-18(2)37-11-9-21(16-37)25-14-24(27(33-3)26-15-34-17-36-28(25)26)20-6-4-19(5-7-20)12-23-13-22(8-10-35-23)29(30,31)32/h4-8,10,13-15,17,21,33H,1,9,11-12,16H2,2-3H3. The Bertz CT molecular complexity index is 1450. The van der Waals surface area contributed by atoms with E-state index in [-0.39, 0.29) is 0 Å². The molecule has 0 amide bonds. The van der Waals surface area contributed by atoms with Gasteiger partial charge in [-0.2, -0.15) is 13.2 Å². The quantitative estimate of drug-likeness (QED) is 0.319. The van der Waals surface area contributed by atoms with Gasteiger partial charge in [0.05, 0.1) is 16.8 Å². The molecule has 3 heterocycles. The van der Waals surface area contributed by atoms with E-state index in [2.05, 4.69) is 37.8 Å². The highest BCUT2D eigenvalue weighted by molar-refractivity contribution is 6.01. The molecule has 0 spiro atoms. The van der Waals surface area contributed by atoms with Crippen LogP contribution in [0.4, 0.5) is 18.9 Å². The fourth-order valence-electron chi connectivity index (χ4n) is 5.12. The van der Waals surface area contributed by atoms with Gasteiger partial charge in [0, 0.05) is 67.2 Å². The van der Waals surface area contributed by atoms with Crippen LogP contribution in [0, 0.1) is 0 Å². The molecule has 5 nitrogen and oxygen atoms in total. The van der Waals surface area contributed by atoms with Crippen molar-refractivity contribution in [3.8, 4) is 11.1 Å². The molecule has 0 saturated carbocycles. The van der Waals surface area contributed by atoms with Gasteiger partial charge >= 0.3 is 6.18 Å². The first-order chi connectivity index (χ1) is 17.7. The van der Waals surface area contributed by atoms with Crippen molar-refractivity contribution in [2.45, 2.75) is 31.9 Å². The van der Waals surface area contributed by atoms with Crippen molar-refractivity contribution in [1.82, 2.24) is 19.9 Å². The molecule has 0 aliphatic carbocycles. The molecule has 1 fully saturated rings. The van der Waals surface area contributed by atoms with Gasteiger partial charge in [-0.1, -0.05) is 30.8 Å². The molecule has 1 atom stereocenters. The van der Waals surface area contributed by atoms with Gasteiger partial charge < -0.3 is 10.2 Å². The smallest absolute Gasteiger partial charge is 0.387 e. The second-order valence-electron chi connectivity index (χ2n) is 9.50. The second kappa shape index (κ2) is 9.84. The summed E-state index contributed by atoms with van der Waals surface area (Å²) in [4.78, 5) is 15.4. The van der Waals surface area contributed by atoms with Gasteiger partial charge in [0.25, 0.3) is 0 Å². The molecule has 8 heteroatoms. The summed E-state index contributed by atoms with van der Waals surface area (Å²) in [5.74, 6) is 0.324. The number of alkyl halides is 3. The molecular weight excluding hydrogens is 475 g/mol. The Labute approximate surface area is 214 Å². The molecule has 2 aromatic carbocycles. The van der Waals surface area contributed by atoms with E-state index in [9.17, 15) is 13.2 Å². The van der Waals surface area contributed by atoms with Crippen molar-refractivity contribution < 1.29 is 13.2 Å². The van der Waals surface area contributed by atoms with Crippen molar-refractivity contribution in [1.29, 1.82) is 0 Å². The van der Waals surface area contributed by atoms with Crippen LogP contribution >= 0.6 is 0 Å². The van der Waals surface area contributed by atoms with Crippen molar-refractivity contribution in [2.24, 2.45) is 0 Å². The van der Waals surface area contributed by atoms with Crippen LogP contribution in [0.25, 0.3) is 22.0 Å². The van der Waals surface area contributed by atoms with Gasteiger partial charge in [-0.15, -0.1) is 0 Å². The van der Waals surface area contributed by atoms with E-state index in [1.165, 1.54) is 11.8 Å². The summed E-state index contributed by atoms with van der Waals surface area (Å²) in [6.07, 6.45) is 1.60. The van der Waals surface area contributed by atoms with Crippen LogP contribution in [0.15, 0.2) is 73.5 Å². The first-order valence-corrected chi connectivity index (χ1v) is 12.2. The molecule has 1 aliphatic rings. The molecule has 0 bridgehead atoms. The molecule has 5 rings (SSSR count). The summed E-state index contributed by atoms with van der Waals surface area (Å²) in [6, 6.07) is 12.2. The van der Waals surface area contributed by atoms with Crippen LogP contribution in [0.1, 0.15) is 41.6 Å². The Kier molecular flexibility index (Phi) is 6.58. The Morgan fingerprint density at radius 3 is 2.59 bits per heavy atom. The molecule has 4 aromatic rings. The number of fused-ring (bicyclic) bond motifs is 1. The number of hydrogen-bond acceptors (Lipinski definition) is 5. The minimum absolute atomic E-state index is 0.318. The van der Waals surface area contributed by atoms with Gasteiger partial charge in [-0.05, 0) is 48.2 Å². The van der Waals surface area contributed by atoms with E-state index in [4.69, 9.17) is 0 Å². The van der Waals surface area contributed by atoms with Crippen molar-refractivity contribution in [2.75, 3.05) is 25.5 Å². The van der Waals surface area contributed by atoms with Gasteiger partial charge in [0.1, 0.15) is 6.33 Å². The summed E-state index contributed by atoms with van der Waals surface area (Å²) in [6.45, 7) is 8.01. The number of halogens is 3. The lowest BCUT2D eigenvalue weighted by Gasteiger charge is -2.21. The number of benzene rings is 2. The molecule has 1 saturated heterocycles. The minimum Gasteiger partial charge on any atom is -0.387 e. The molecule has 1 unspecified atom stereocenters. The van der Waals surface area contributed by atoms with Gasteiger partial charge in [-0.25, -0.2) is 9.97 Å². The highest BCUT2D eigenvalue weighted by Crippen LogP contribution is 2.41. The summed E-state index contributed by atoms with van der Waals surface area (Å²) in [5.41, 5.74) is 6.78. The maximum Gasteiger partial charge on any atom is 0.416 e. The van der Waals surface area contributed by atoms with Gasteiger partial charge in [0.2, 0.25) is 0 Å². The number of allylic oxidation sites excluding steroid dienone is 1. The SMILES string of the molecule is C=C(C)N1CCC(c2cc(-c3ccc(Cc4cc(C(F)(F)F)ccn4)cc3)c(NC)c3cncnc23)C1. The fourth-order valence-corrected chi connectivity index (χ4v) is 5.12. The van der Waals surface area contributed by atoms with E-state index in [1.54, 1.807) is 6.33 Å². The maximum atomic E-state index is 13.1. The molecule has 37 heavy (non-hydrogen) atoms. The van der Waals surface area contributed by atoms with E-state index in [0.717, 1.165) is 70.6 Å². The van der Waals surface area contributed by atoms with Crippen LogP contribution in [0.5, 0.6) is 0 Å². The number of nitrogens with one attached hydrogen (secondary N) is 1. The Morgan fingerprint density at radius 2 is 1.92 bits per heavy atom. The molecule has 2 aromatic heterocycles. The maximum absolute atomic E-state index is 13.1. The zero-order chi connectivity index (χ0) is 26.2. The molecule has 190 valence electrons. The average molecular weight is 504 g/mol. The second-order valence-corrected chi connectivity index (χ2v) is 9.50. The Balaban J connectivity index is 1.50. The predicted octanol–water partition coefficient (Wildman–Crippen LogP) is 6.67. The number of likely N-dealkylation sites (tertiary alicyclic amines) is 1. The minimum atomic E-state index is -4.39. The highest BCUT2D eigenvalue weighted by atomic mass is 19.4. The fraction of sp³-hybridized carbons (Fsp3) is 0.276. The molecule has 1 N–H and O–H groups in total. The molecular formula is C29H28F3N5. The average Bonchev–Trinajstić information content (AvgIpc) is 3.38. The number of pyridine rings is 1. The number of hydrogen-bond donors (Lipinski definition) is 1. The van der Waals surface area contributed by atoms with E-state index in [1.807, 2.05) is 44.4 Å². The number of rotatable bonds is 6. The monoisotopic (exact) mass is 503 g/mol. The van der Waals surface area contributed by atoms with Crippen LogP contribution in [0.3, 0.4) is 0 Å². The third-order valence-corrected chi connectivity index (χ3v) is 7.04. The lowest BCUT2D eigenvalue weighted by atomic mass is 9.90. The Hall–Kier alpha value is -3.94. The van der Waals surface area contributed by atoms with Crippen LogP contribution < -0.4 is 5.32 Å². The van der Waals surface area contributed by atoms with E-state index < -0.39 is 11.7 Å². The van der Waals surface area contributed by atoms with Gasteiger partial charge in [0.15, 0.2) is 0 Å². The van der Waals surface area contributed by atoms with Crippen LogP contribution in [-0.2, 0) is 12.6 Å². The summed E-state index contributed by atoms with van der Waals surface area (Å²) >= 11 is 0. The lowest BCUT2D eigenvalue weighted by Crippen LogP contribution is -2.17. The first-order valence-electron chi connectivity index (χ1n) is 12.2. The lowest BCUT2D eigenvalue weighted by molar-refractivity contribution is -0.137. The van der Waals surface area contributed by atoms with Crippen molar-refractivity contribution in [3.63, 3.8) is 0 Å². The normalized spacial score (nSPS) is 15.8. The summed E-state index contributed by atoms with van der Waals surface area (Å²) in [7, 11) is 1.89. The number of nitrogens with zero attached hydrogens (tertiary/aromatic N) is 4. The summed E-state index contributed by atoms with van der Waals surface area (Å²) < 4.78 is 39.3. The van der Waals surface area contributed by atoms with Crippen molar-refractivity contribution >= 4 is 16.6 Å². The van der Waals surface area contributed by atoms with Gasteiger partial charge in [-0.3, -0.25) is 4.98 Å². The van der Waals surface area contributed by atoms with Crippen LogP contribution in [0.2, 0.25) is 0 Å². The third kappa shape index (κ3) is 5.01. The predicted molar refractivity (Wildman–Crippen MR) is 140 cm³/mol. The largest absolute Gasteiger partial charge is 0.416 e. The third-order valence-electron chi connectivity index (χ3n) is 7.04. The topological polar surface area (TPSA) is 53.9 Å². The molecule has 0 radical (unpaired) electrons. The Morgan fingerprint density at radius 1 is 1.14 bits per heavy atom.